The number of nitro groups is 1. The van der Waals surface area contributed by atoms with E-state index in [9.17, 15) is 14.9 Å². The number of benzene rings is 2. The van der Waals surface area contributed by atoms with Crippen LogP contribution in [0, 0.1) is 10.1 Å². The molecule has 0 unspecified atom stereocenters. The highest BCUT2D eigenvalue weighted by Gasteiger charge is 2.25. The highest BCUT2D eigenvalue weighted by molar-refractivity contribution is 5.89. The summed E-state index contributed by atoms with van der Waals surface area (Å²) < 4.78 is 11.5. The number of carbonyl (C=O) groups excluding carboxylic acids is 1. The molecule has 0 radical (unpaired) electrons. The normalized spacial score (nSPS) is 19.7. The number of carbonyl (C=O) groups is 1. The molecule has 3 rings (SSSR count). The first-order valence-corrected chi connectivity index (χ1v) is 8.73. The molecule has 0 N–H and O–H groups in total. The Morgan fingerprint density at radius 2 is 1.58 bits per heavy atom. The van der Waals surface area contributed by atoms with Gasteiger partial charge in [-0.25, -0.2) is 4.79 Å². The van der Waals surface area contributed by atoms with Gasteiger partial charge >= 0.3 is 5.97 Å². The second kappa shape index (κ2) is 8.58. The van der Waals surface area contributed by atoms with Gasteiger partial charge in [0, 0.05) is 12.1 Å². The van der Waals surface area contributed by atoms with Gasteiger partial charge in [-0.1, -0.05) is 30.3 Å². The lowest BCUT2D eigenvalue weighted by molar-refractivity contribution is -0.384. The van der Waals surface area contributed by atoms with Gasteiger partial charge in [0.05, 0.1) is 23.2 Å². The van der Waals surface area contributed by atoms with Crippen LogP contribution in [0.5, 0.6) is 0 Å². The number of hydrogen-bond acceptors (Lipinski definition) is 5. The molecule has 2 aromatic carbocycles. The van der Waals surface area contributed by atoms with E-state index in [1.807, 2.05) is 30.3 Å². The Bertz CT molecular complexity index is 737. The third kappa shape index (κ3) is 4.89. The average molecular weight is 355 g/mol. The van der Waals surface area contributed by atoms with Crippen LogP contribution in [0.3, 0.4) is 0 Å². The molecule has 0 saturated heterocycles. The van der Waals surface area contributed by atoms with Crippen LogP contribution in [0.25, 0.3) is 0 Å². The minimum atomic E-state index is -0.494. The van der Waals surface area contributed by atoms with E-state index in [4.69, 9.17) is 9.47 Å². The molecule has 6 heteroatoms. The van der Waals surface area contributed by atoms with E-state index in [-0.39, 0.29) is 17.9 Å². The lowest BCUT2D eigenvalue weighted by Gasteiger charge is -2.28. The third-order valence-corrected chi connectivity index (χ3v) is 4.54. The number of nitrogens with zero attached hydrogens (tertiary/aromatic N) is 1. The maximum absolute atomic E-state index is 12.2. The molecule has 0 atom stereocenters. The van der Waals surface area contributed by atoms with Crippen molar-refractivity contribution in [3.63, 3.8) is 0 Å². The average Bonchev–Trinajstić information content (AvgIpc) is 2.68. The number of nitro benzene ring substituents is 1. The van der Waals surface area contributed by atoms with Crippen molar-refractivity contribution in [2.75, 3.05) is 0 Å². The summed E-state index contributed by atoms with van der Waals surface area (Å²) in [6.45, 7) is 0.596. The Labute approximate surface area is 151 Å². The van der Waals surface area contributed by atoms with Crippen LogP contribution >= 0.6 is 0 Å². The highest BCUT2D eigenvalue weighted by atomic mass is 16.6. The van der Waals surface area contributed by atoms with E-state index < -0.39 is 10.9 Å². The van der Waals surface area contributed by atoms with Crippen molar-refractivity contribution < 1.29 is 19.2 Å². The molecule has 0 bridgehead atoms. The number of rotatable bonds is 6. The van der Waals surface area contributed by atoms with Gasteiger partial charge in [0.1, 0.15) is 6.10 Å². The number of esters is 1. The van der Waals surface area contributed by atoms with E-state index in [0.717, 1.165) is 31.2 Å². The van der Waals surface area contributed by atoms with Crippen molar-refractivity contribution in [1.82, 2.24) is 0 Å². The van der Waals surface area contributed by atoms with Crippen molar-refractivity contribution in [1.29, 1.82) is 0 Å². The fraction of sp³-hybridized carbons (Fsp3) is 0.350. The van der Waals surface area contributed by atoms with Gasteiger partial charge in [-0.3, -0.25) is 10.1 Å². The van der Waals surface area contributed by atoms with Crippen LogP contribution in [0.15, 0.2) is 54.6 Å². The molecule has 0 heterocycles. The van der Waals surface area contributed by atoms with Crippen molar-refractivity contribution in [2.45, 2.75) is 44.5 Å². The van der Waals surface area contributed by atoms with E-state index in [1.54, 1.807) is 0 Å². The Hall–Kier alpha value is -2.73. The van der Waals surface area contributed by atoms with Gasteiger partial charge in [0.25, 0.3) is 5.69 Å². The summed E-state index contributed by atoms with van der Waals surface area (Å²) in [6, 6.07) is 15.5. The maximum atomic E-state index is 12.2. The zero-order valence-corrected chi connectivity index (χ0v) is 14.4. The quantitative estimate of drug-likeness (QED) is 0.439. The van der Waals surface area contributed by atoms with Crippen molar-refractivity contribution >= 4 is 11.7 Å². The fourth-order valence-electron chi connectivity index (χ4n) is 3.04. The molecule has 6 nitrogen and oxygen atoms in total. The summed E-state index contributed by atoms with van der Waals surface area (Å²) in [4.78, 5) is 22.3. The van der Waals surface area contributed by atoms with Gasteiger partial charge in [-0.2, -0.15) is 0 Å². The molecule has 1 fully saturated rings. The molecule has 1 aliphatic carbocycles. The van der Waals surface area contributed by atoms with Gasteiger partial charge < -0.3 is 9.47 Å². The van der Waals surface area contributed by atoms with E-state index in [0.29, 0.717) is 12.2 Å². The molecule has 0 spiro atoms. The molecule has 2 aromatic rings. The third-order valence-electron chi connectivity index (χ3n) is 4.54. The van der Waals surface area contributed by atoms with Crippen LogP contribution < -0.4 is 0 Å². The molecular formula is C20H21NO5. The maximum Gasteiger partial charge on any atom is 0.338 e. The zero-order valence-electron chi connectivity index (χ0n) is 14.4. The Morgan fingerprint density at radius 3 is 2.19 bits per heavy atom. The summed E-state index contributed by atoms with van der Waals surface area (Å²) in [7, 11) is 0. The fourth-order valence-corrected chi connectivity index (χ4v) is 3.04. The monoisotopic (exact) mass is 355 g/mol. The Morgan fingerprint density at radius 1 is 0.962 bits per heavy atom. The van der Waals surface area contributed by atoms with Crippen LogP contribution in [0.4, 0.5) is 5.69 Å². The Balaban J connectivity index is 1.43. The molecule has 26 heavy (non-hydrogen) atoms. The molecule has 136 valence electrons. The van der Waals surface area contributed by atoms with Crippen molar-refractivity contribution in [3.8, 4) is 0 Å². The van der Waals surface area contributed by atoms with E-state index in [2.05, 4.69) is 0 Å². The predicted octanol–water partition coefficient (Wildman–Crippen LogP) is 4.28. The van der Waals surface area contributed by atoms with Crippen LogP contribution in [-0.4, -0.2) is 23.1 Å². The smallest absolute Gasteiger partial charge is 0.338 e. The Kier molecular flexibility index (Phi) is 5.96. The topological polar surface area (TPSA) is 78.7 Å². The molecule has 1 saturated carbocycles. The number of ether oxygens (including phenoxy) is 2. The summed E-state index contributed by atoms with van der Waals surface area (Å²) >= 11 is 0. The molecule has 1 aliphatic rings. The summed E-state index contributed by atoms with van der Waals surface area (Å²) in [5, 5.41) is 10.7. The van der Waals surface area contributed by atoms with Crippen molar-refractivity contribution in [2.24, 2.45) is 0 Å². The zero-order chi connectivity index (χ0) is 18.4. The van der Waals surface area contributed by atoms with Crippen LogP contribution in [0.1, 0.15) is 41.6 Å². The van der Waals surface area contributed by atoms with Crippen LogP contribution in [-0.2, 0) is 16.1 Å². The standard InChI is InChI=1S/C20H21NO5/c22-20(16-6-8-17(9-7-16)21(23)24)26-19-12-10-18(11-13-19)25-14-15-4-2-1-3-5-15/h1-9,18-19H,10-14H2. The SMILES string of the molecule is O=C(OC1CCC(OCc2ccccc2)CC1)c1ccc([N+](=O)[O-])cc1. The molecule has 0 aromatic heterocycles. The lowest BCUT2D eigenvalue weighted by Crippen LogP contribution is -2.28. The first-order chi connectivity index (χ1) is 12.6. The van der Waals surface area contributed by atoms with Crippen LogP contribution in [0.2, 0.25) is 0 Å². The van der Waals surface area contributed by atoms with E-state index in [1.165, 1.54) is 24.3 Å². The van der Waals surface area contributed by atoms with Gasteiger partial charge in [-0.05, 0) is 43.4 Å². The molecule has 0 aliphatic heterocycles. The van der Waals surface area contributed by atoms with Crippen molar-refractivity contribution in [3.05, 3.63) is 75.8 Å². The number of hydrogen-bond donors (Lipinski definition) is 0. The first-order valence-electron chi connectivity index (χ1n) is 8.73. The summed E-state index contributed by atoms with van der Waals surface area (Å²) in [6.07, 6.45) is 3.28. The second-order valence-electron chi connectivity index (χ2n) is 6.40. The van der Waals surface area contributed by atoms with E-state index >= 15 is 0 Å². The summed E-state index contributed by atoms with van der Waals surface area (Å²) in [5.74, 6) is -0.437. The van der Waals surface area contributed by atoms with Gasteiger partial charge in [0.2, 0.25) is 0 Å². The van der Waals surface area contributed by atoms with Gasteiger partial charge in [0.15, 0.2) is 0 Å². The summed E-state index contributed by atoms with van der Waals surface area (Å²) in [5.41, 5.74) is 1.44. The highest BCUT2D eigenvalue weighted by Crippen LogP contribution is 2.25. The lowest BCUT2D eigenvalue weighted by atomic mass is 9.95. The first kappa shape index (κ1) is 18.1. The number of non-ortho nitro benzene ring substituents is 1. The minimum absolute atomic E-state index is 0.0439. The predicted molar refractivity (Wildman–Crippen MR) is 95.8 cm³/mol. The molecule has 0 amide bonds. The van der Waals surface area contributed by atoms with Gasteiger partial charge in [-0.15, -0.1) is 0 Å². The minimum Gasteiger partial charge on any atom is -0.459 e. The largest absolute Gasteiger partial charge is 0.459 e. The second-order valence-corrected chi connectivity index (χ2v) is 6.40. The molecular weight excluding hydrogens is 334 g/mol.